The quantitative estimate of drug-likeness (QED) is 0.464. The van der Waals surface area contributed by atoms with Gasteiger partial charge in [-0.05, 0) is 67.3 Å². The van der Waals surface area contributed by atoms with Crippen molar-refractivity contribution in [1.82, 2.24) is 9.58 Å². The molecule has 0 bridgehead atoms. The highest BCUT2D eigenvalue weighted by atomic mass is 19.1. The number of halogens is 1. The summed E-state index contributed by atoms with van der Waals surface area (Å²) < 4.78 is 14.8. The first-order valence-electron chi connectivity index (χ1n) is 10.7. The average Bonchev–Trinajstić information content (AvgIpc) is 3.11. The van der Waals surface area contributed by atoms with E-state index in [1.165, 1.54) is 29.8 Å². The van der Waals surface area contributed by atoms with Crippen molar-refractivity contribution in [1.29, 1.82) is 0 Å². The van der Waals surface area contributed by atoms with Crippen LogP contribution in [0.5, 0.6) is 0 Å². The van der Waals surface area contributed by atoms with Crippen LogP contribution in [0.15, 0.2) is 54.7 Å². The summed E-state index contributed by atoms with van der Waals surface area (Å²) in [5.41, 5.74) is 4.31. The van der Waals surface area contributed by atoms with E-state index in [4.69, 9.17) is 5.84 Å². The Labute approximate surface area is 176 Å². The molecule has 0 fully saturated rings. The monoisotopic (exact) mass is 405 g/mol. The van der Waals surface area contributed by atoms with E-state index in [-0.39, 0.29) is 11.6 Å². The summed E-state index contributed by atoms with van der Waals surface area (Å²) in [5, 5.41) is 0.979. The maximum absolute atomic E-state index is 13.2. The summed E-state index contributed by atoms with van der Waals surface area (Å²) in [7, 11) is 0. The molecule has 0 saturated heterocycles. The molecule has 5 heteroatoms. The summed E-state index contributed by atoms with van der Waals surface area (Å²) in [5.74, 6) is 5.74. The number of benzene rings is 2. The number of carbonyl (C=O) groups excluding carboxylic acids is 1. The molecule has 3 aromatic rings. The molecular weight excluding hydrogens is 377 g/mol. The highest BCUT2D eigenvalue weighted by molar-refractivity contribution is 6.11. The van der Waals surface area contributed by atoms with Crippen LogP contribution in [0, 0.1) is 5.82 Å². The lowest BCUT2D eigenvalue weighted by Crippen LogP contribution is -2.37. The molecule has 0 aliphatic carbocycles. The number of hydrogen-bond acceptors (Lipinski definition) is 3. The first-order valence-corrected chi connectivity index (χ1v) is 10.7. The third kappa shape index (κ3) is 3.77. The molecule has 2 heterocycles. The summed E-state index contributed by atoms with van der Waals surface area (Å²) >= 11 is 0. The van der Waals surface area contributed by atoms with Gasteiger partial charge in [-0.3, -0.25) is 14.4 Å². The maximum atomic E-state index is 13.2. The molecule has 0 spiro atoms. The van der Waals surface area contributed by atoms with E-state index >= 15 is 0 Å². The number of rotatable bonds is 6. The van der Waals surface area contributed by atoms with Crippen LogP contribution in [0.3, 0.4) is 0 Å². The van der Waals surface area contributed by atoms with Crippen molar-refractivity contribution in [2.45, 2.75) is 39.2 Å². The van der Waals surface area contributed by atoms with E-state index in [1.54, 1.807) is 10.7 Å². The predicted octanol–water partition coefficient (Wildman–Crippen LogP) is 5.00. The third-order valence-corrected chi connectivity index (χ3v) is 6.25. The molecule has 1 aromatic heterocycles. The van der Waals surface area contributed by atoms with Crippen LogP contribution in [0.1, 0.15) is 54.6 Å². The Hall–Kier alpha value is -2.92. The topological polar surface area (TPSA) is 51.3 Å². The van der Waals surface area contributed by atoms with Gasteiger partial charge in [-0.25, -0.2) is 4.39 Å². The van der Waals surface area contributed by atoms with Gasteiger partial charge in [-0.1, -0.05) is 19.9 Å². The molecule has 2 N–H and O–H groups in total. The lowest BCUT2D eigenvalue weighted by molar-refractivity contribution is 0.103. The number of aromatic nitrogens is 1. The van der Waals surface area contributed by atoms with E-state index in [0.717, 1.165) is 48.8 Å². The Kier molecular flexibility index (Phi) is 5.73. The van der Waals surface area contributed by atoms with Gasteiger partial charge in [0.1, 0.15) is 5.82 Å². The van der Waals surface area contributed by atoms with Gasteiger partial charge in [-0.2, -0.15) is 0 Å². The molecule has 4 rings (SSSR count). The van der Waals surface area contributed by atoms with E-state index in [0.29, 0.717) is 17.2 Å². The van der Waals surface area contributed by atoms with E-state index < -0.39 is 0 Å². The smallest absolute Gasteiger partial charge is 0.193 e. The number of carbonyl (C=O) groups is 1. The Morgan fingerprint density at radius 1 is 1.10 bits per heavy atom. The molecule has 156 valence electrons. The van der Waals surface area contributed by atoms with Crippen molar-refractivity contribution in [3.63, 3.8) is 0 Å². The number of nitrogens with two attached hydrogens (primary N) is 1. The molecule has 0 unspecified atom stereocenters. The molecule has 2 aromatic carbocycles. The second-order valence-corrected chi connectivity index (χ2v) is 7.96. The lowest BCUT2D eigenvalue weighted by Gasteiger charge is -2.33. The fourth-order valence-electron chi connectivity index (χ4n) is 4.49. The van der Waals surface area contributed by atoms with Gasteiger partial charge in [0.15, 0.2) is 5.78 Å². The van der Waals surface area contributed by atoms with Crippen LogP contribution in [0.25, 0.3) is 16.5 Å². The fourth-order valence-corrected chi connectivity index (χ4v) is 4.49. The molecule has 30 heavy (non-hydrogen) atoms. The second-order valence-electron chi connectivity index (χ2n) is 7.96. The third-order valence-electron chi connectivity index (χ3n) is 6.25. The summed E-state index contributed by atoms with van der Waals surface area (Å²) in [4.78, 5) is 15.4. The van der Waals surface area contributed by atoms with E-state index in [9.17, 15) is 9.18 Å². The largest absolute Gasteiger partial charge is 0.339 e. The van der Waals surface area contributed by atoms with Crippen LogP contribution in [-0.2, 0) is 0 Å². The minimum absolute atomic E-state index is 0.120. The zero-order valence-electron chi connectivity index (χ0n) is 17.6. The van der Waals surface area contributed by atoms with Crippen LogP contribution < -0.4 is 5.84 Å². The molecular formula is C25H28FN3O. The average molecular weight is 406 g/mol. The fraction of sp³-hybridized carbons (Fsp3) is 0.320. The van der Waals surface area contributed by atoms with Crippen LogP contribution in [-0.4, -0.2) is 34.5 Å². The molecule has 0 atom stereocenters. The van der Waals surface area contributed by atoms with Crippen molar-refractivity contribution in [2.75, 3.05) is 18.9 Å². The highest BCUT2D eigenvalue weighted by Gasteiger charge is 2.21. The number of fused-ring (bicyclic) bond motifs is 1. The molecule has 1 aliphatic heterocycles. The number of hydrogen-bond donors (Lipinski definition) is 1. The minimum Gasteiger partial charge on any atom is -0.339 e. The summed E-state index contributed by atoms with van der Waals surface area (Å²) in [6.45, 7) is 6.46. The Bertz CT molecular complexity index is 1090. The van der Waals surface area contributed by atoms with Crippen LogP contribution >= 0.6 is 0 Å². The van der Waals surface area contributed by atoms with E-state index in [2.05, 4.69) is 24.8 Å². The normalized spacial score (nSPS) is 15.0. The first-order chi connectivity index (χ1) is 14.5. The van der Waals surface area contributed by atoms with Crippen molar-refractivity contribution in [2.24, 2.45) is 0 Å². The van der Waals surface area contributed by atoms with Gasteiger partial charge >= 0.3 is 0 Å². The second kappa shape index (κ2) is 8.44. The standard InChI is InChI=1S/C25H28FN3O/c1-3-21(4-2)28-13-11-17(12-14-28)23-16-29(27)24-10-7-19(15-22(23)24)25(30)18-5-8-20(26)9-6-18/h5-11,15-16,21H,3-4,12-14,27H2,1-2H3. The maximum Gasteiger partial charge on any atom is 0.193 e. The van der Waals surface area contributed by atoms with Gasteiger partial charge in [0.2, 0.25) is 0 Å². The number of ketones is 1. The zero-order chi connectivity index (χ0) is 21.3. The van der Waals surface area contributed by atoms with Crippen molar-refractivity contribution < 1.29 is 9.18 Å². The van der Waals surface area contributed by atoms with Gasteiger partial charge in [-0.15, -0.1) is 0 Å². The Morgan fingerprint density at radius 3 is 2.43 bits per heavy atom. The zero-order valence-corrected chi connectivity index (χ0v) is 17.6. The van der Waals surface area contributed by atoms with Gasteiger partial charge in [0.05, 0.1) is 5.52 Å². The molecule has 4 nitrogen and oxygen atoms in total. The SMILES string of the molecule is CCC(CC)N1CC=C(c2cn(N)c3ccc(C(=O)c4ccc(F)cc4)cc23)CC1. The molecule has 0 saturated carbocycles. The highest BCUT2D eigenvalue weighted by Crippen LogP contribution is 2.32. The summed E-state index contributed by atoms with van der Waals surface area (Å²) in [6, 6.07) is 11.9. The number of nitrogen functional groups attached to an aromatic ring is 1. The van der Waals surface area contributed by atoms with Crippen molar-refractivity contribution in [3.05, 3.63) is 77.2 Å². The Morgan fingerprint density at radius 2 is 1.80 bits per heavy atom. The van der Waals surface area contributed by atoms with E-state index in [1.807, 2.05) is 18.3 Å². The van der Waals surface area contributed by atoms with Crippen molar-refractivity contribution >= 4 is 22.3 Å². The van der Waals surface area contributed by atoms with Gasteiger partial charge in [0, 0.05) is 47.4 Å². The Balaban J connectivity index is 1.67. The molecule has 0 radical (unpaired) electrons. The molecule has 1 aliphatic rings. The first kappa shape index (κ1) is 20.4. The van der Waals surface area contributed by atoms with Crippen LogP contribution in [0.2, 0.25) is 0 Å². The van der Waals surface area contributed by atoms with Gasteiger partial charge in [0.25, 0.3) is 0 Å². The lowest BCUT2D eigenvalue weighted by atomic mass is 9.95. The minimum atomic E-state index is -0.351. The summed E-state index contributed by atoms with van der Waals surface area (Å²) in [6.07, 6.45) is 7.54. The van der Waals surface area contributed by atoms with Crippen molar-refractivity contribution in [3.8, 4) is 0 Å². The van der Waals surface area contributed by atoms with Crippen LogP contribution in [0.4, 0.5) is 4.39 Å². The molecule has 0 amide bonds. The van der Waals surface area contributed by atoms with Gasteiger partial charge < -0.3 is 5.84 Å². The number of nitrogens with zero attached hydrogens (tertiary/aromatic N) is 2. The predicted molar refractivity (Wildman–Crippen MR) is 120 cm³/mol.